The first-order chi connectivity index (χ1) is 11.5. The van der Waals surface area contributed by atoms with Crippen LogP contribution in [0.15, 0.2) is 52.0 Å². The Morgan fingerprint density at radius 2 is 1.79 bits per heavy atom. The molecule has 6 nitrogen and oxygen atoms in total. The van der Waals surface area contributed by atoms with E-state index in [1.807, 2.05) is 24.0 Å². The number of nitrogens with zero attached hydrogens (tertiary/aromatic N) is 2. The van der Waals surface area contributed by atoms with E-state index >= 15 is 0 Å². The minimum Gasteiger partial charge on any atom is -0.467 e. The molecular formula is C17H22N2O4S. The fourth-order valence-electron chi connectivity index (χ4n) is 2.83. The number of aryl methyl sites for hydroxylation is 1. The zero-order valence-electron chi connectivity index (χ0n) is 13.6. The Labute approximate surface area is 142 Å². The van der Waals surface area contributed by atoms with E-state index in [0.717, 1.165) is 5.56 Å². The van der Waals surface area contributed by atoms with Crippen LogP contribution in [0.25, 0.3) is 0 Å². The van der Waals surface area contributed by atoms with Gasteiger partial charge >= 0.3 is 0 Å². The molecule has 2 aromatic rings. The van der Waals surface area contributed by atoms with E-state index in [4.69, 9.17) is 4.42 Å². The molecule has 0 spiro atoms. The molecule has 1 fully saturated rings. The van der Waals surface area contributed by atoms with Gasteiger partial charge in [0.2, 0.25) is 10.0 Å². The molecule has 1 aromatic carbocycles. The van der Waals surface area contributed by atoms with Crippen LogP contribution in [0, 0.1) is 6.92 Å². The summed E-state index contributed by atoms with van der Waals surface area (Å²) >= 11 is 0. The molecule has 7 heteroatoms. The number of β-amino-alcohol motifs (C(OH)–C–C–N with tert-alkyl or cyclic N) is 1. The largest absolute Gasteiger partial charge is 0.467 e. The van der Waals surface area contributed by atoms with E-state index in [2.05, 4.69) is 0 Å². The summed E-state index contributed by atoms with van der Waals surface area (Å²) in [5.41, 5.74) is 1.03. The number of furan rings is 1. The van der Waals surface area contributed by atoms with E-state index in [0.29, 0.717) is 43.4 Å². The van der Waals surface area contributed by atoms with E-state index in [1.54, 1.807) is 24.3 Å². The van der Waals surface area contributed by atoms with Gasteiger partial charge in [0.15, 0.2) is 0 Å². The lowest BCUT2D eigenvalue weighted by Gasteiger charge is -2.34. The molecule has 1 atom stereocenters. The highest BCUT2D eigenvalue weighted by molar-refractivity contribution is 7.89. The molecular weight excluding hydrogens is 328 g/mol. The summed E-state index contributed by atoms with van der Waals surface area (Å²) in [6.45, 7) is 4.37. The van der Waals surface area contributed by atoms with Gasteiger partial charge in [0.1, 0.15) is 11.9 Å². The van der Waals surface area contributed by atoms with Crippen molar-refractivity contribution in [2.75, 3.05) is 32.7 Å². The Hall–Kier alpha value is -1.67. The predicted molar refractivity (Wildman–Crippen MR) is 90.0 cm³/mol. The van der Waals surface area contributed by atoms with E-state index in [9.17, 15) is 13.5 Å². The van der Waals surface area contributed by atoms with Gasteiger partial charge in [-0.25, -0.2) is 8.42 Å². The molecule has 1 aliphatic heterocycles. The number of hydrogen-bond acceptors (Lipinski definition) is 5. The van der Waals surface area contributed by atoms with Gasteiger partial charge in [0.05, 0.1) is 11.2 Å². The van der Waals surface area contributed by atoms with E-state index in [1.165, 1.54) is 10.6 Å². The van der Waals surface area contributed by atoms with Gasteiger partial charge in [-0.2, -0.15) is 4.31 Å². The van der Waals surface area contributed by atoms with Crippen LogP contribution in [0.4, 0.5) is 0 Å². The number of piperazine rings is 1. The highest BCUT2D eigenvalue weighted by Gasteiger charge is 2.29. The Morgan fingerprint density at radius 3 is 2.38 bits per heavy atom. The SMILES string of the molecule is Cc1ccc(S(=O)(=O)N2CCN(CC(O)c3ccco3)CC2)cc1. The molecule has 0 saturated carbocycles. The number of aliphatic hydroxyl groups is 1. The molecule has 0 aliphatic carbocycles. The Morgan fingerprint density at radius 1 is 1.12 bits per heavy atom. The van der Waals surface area contributed by atoms with Crippen LogP contribution < -0.4 is 0 Å². The Kier molecular flexibility index (Phi) is 5.05. The molecule has 1 saturated heterocycles. The topological polar surface area (TPSA) is 74.0 Å². The first-order valence-corrected chi connectivity index (χ1v) is 9.41. The summed E-state index contributed by atoms with van der Waals surface area (Å²) in [6, 6.07) is 10.4. The van der Waals surface area contributed by atoms with Crippen molar-refractivity contribution in [3.05, 3.63) is 54.0 Å². The van der Waals surface area contributed by atoms with Crippen LogP contribution in [-0.4, -0.2) is 55.5 Å². The van der Waals surface area contributed by atoms with Crippen molar-refractivity contribution in [2.45, 2.75) is 17.9 Å². The quantitative estimate of drug-likeness (QED) is 0.887. The molecule has 24 heavy (non-hydrogen) atoms. The number of hydrogen-bond donors (Lipinski definition) is 1. The normalized spacial score (nSPS) is 18.6. The van der Waals surface area contributed by atoms with Crippen molar-refractivity contribution in [3.63, 3.8) is 0 Å². The monoisotopic (exact) mass is 350 g/mol. The number of benzene rings is 1. The van der Waals surface area contributed by atoms with Crippen LogP contribution in [0.2, 0.25) is 0 Å². The highest BCUT2D eigenvalue weighted by atomic mass is 32.2. The number of aliphatic hydroxyl groups excluding tert-OH is 1. The molecule has 2 heterocycles. The smallest absolute Gasteiger partial charge is 0.243 e. The molecule has 1 N–H and O–H groups in total. The van der Waals surface area contributed by atoms with Crippen molar-refractivity contribution in [1.82, 2.24) is 9.21 Å². The van der Waals surface area contributed by atoms with E-state index in [-0.39, 0.29) is 0 Å². The van der Waals surface area contributed by atoms with E-state index < -0.39 is 16.1 Å². The Balaban J connectivity index is 1.59. The van der Waals surface area contributed by atoms with Gasteiger partial charge in [0.25, 0.3) is 0 Å². The third kappa shape index (κ3) is 3.70. The summed E-state index contributed by atoms with van der Waals surface area (Å²) < 4.78 is 32.0. The zero-order valence-corrected chi connectivity index (χ0v) is 14.4. The van der Waals surface area contributed by atoms with Crippen molar-refractivity contribution >= 4 is 10.0 Å². The second-order valence-corrected chi connectivity index (χ2v) is 7.99. The molecule has 130 valence electrons. The van der Waals surface area contributed by atoms with Crippen LogP contribution in [0.1, 0.15) is 17.4 Å². The summed E-state index contributed by atoms with van der Waals surface area (Å²) in [4.78, 5) is 2.38. The lowest BCUT2D eigenvalue weighted by atomic mass is 10.2. The maximum Gasteiger partial charge on any atom is 0.243 e. The van der Waals surface area contributed by atoms with Gasteiger partial charge in [-0.1, -0.05) is 17.7 Å². The van der Waals surface area contributed by atoms with Crippen molar-refractivity contribution in [2.24, 2.45) is 0 Å². The third-order valence-corrected chi connectivity index (χ3v) is 6.21. The van der Waals surface area contributed by atoms with Crippen LogP contribution in [0.5, 0.6) is 0 Å². The number of sulfonamides is 1. The van der Waals surface area contributed by atoms with Crippen LogP contribution >= 0.6 is 0 Å². The average molecular weight is 350 g/mol. The summed E-state index contributed by atoms with van der Waals surface area (Å²) in [5.74, 6) is 0.532. The van der Waals surface area contributed by atoms with Gasteiger partial charge < -0.3 is 9.52 Å². The van der Waals surface area contributed by atoms with Crippen molar-refractivity contribution in [3.8, 4) is 0 Å². The lowest BCUT2D eigenvalue weighted by molar-refractivity contribution is 0.0776. The maximum atomic E-state index is 12.7. The second kappa shape index (κ2) is 7.06. The van der Waals surface area contributed by atoms with Crippen LogP contribution in [0.3, 0.4) is 0 Å². The molecule has 0 amide bonds. The van der Waals surface area contributed by atoms with Gasteiger partial charge in [-0.05, 0) is 31.2 Å². The molecule has 0 radical (unpaired) electrons. The average Bonchev–Trinajstić information content (AvgIpc) is 3.10. The summed E-state index contributed by atoms with van der Waals surface area (Å²) in [6.07, 6.45) is 0.838. The summed E-state index contributed by atoms with van der Waals surface area (Å²) in [5, 5.41) is 10.1. The zero-order chi connectivity index (χ0) is 17.2. The molecule has 1 aliphatic rings. The van der Waals surface area contributed by atoms with Gasteiger partial charge in [-0.3, -0.25) is 4.90 Å². The summed E-state index contributed by atoms with van der Waals surface area (Å²) in [7, 11) is -3.45. The third-order valence-electron chi connectivity index (χ3n) is 4.29. The fourth-order valence-corrected chi connectivity index (χ4v) is 4.25. The molecule has 0 bridgehead atoms. The van der Waals surface area contributed by atoms with Crippen molar-refractivity contribution in [1.29, 1.82) is 0 Å². The second-order valence-electron chi connectivity index (χ2n) is 6.05. The molecule has 1 unspecified atom stereocenters. The standard InChI is InChI=1S/C17H22N2O4S/c1-14-4-6-15(7-5-14)24(21,22)19-10-8-18(9-11-19)13-16(20)17-3-2-12-23-17/h2-7,12,16,20H,8-11,13H2,1H3. The van der Waals surface area contributed by atoms with Crippen molar-refractivity contribution < 1.29 is 17.9 Å². The lowest BCUT2D eigenvalue weighted by Crippen LogP contribution is -2.49. The molecule has 1 aromatic heterocycles. The predicted octanol–water partition coefficient (Wildman–Crippen LogP) is 1.63. The maximum absolute atomic E-state index is 12.7. The van der Waals surface area contributed by atoms with Gasteiger partial charge in [-0.15, -0.1) is 0 Å². The first-order valence-electron chi connectivity index (χ1n) is 7.97. The molecule has 3 rings (SSSR count). The Bertz CT molecular complexity index is 748. The highest BCUT2D eigenvalue weighted by Crippen LogP contribution is 2.20. The minimum atomic E-state index is -3.45. The van der Waals surface area contributed by atoms with Gasteiger partial charge in [0, 0.05) is 32.7 Å². The fraction of sp³-hybridized carbons (Fsp3) is 0.412. The first kappa shape index (κ1) is 17.2. The van der Waals surface area contributed by atoms with Crippen LogP contribution in [-0.2, 0) is 10.0 Å². The number of rotatable bonds is 5. The minimum absolute atomic E-state index is 0.331.